The monoisotopic (exact) mass is 558 g/mol. The van der Waals surface area contributed by atoms with Crippen LogP contribution in [0.1, 0.15) is 15.9 Å². The van der Waals surface area contributed by atoms with E-state index in [-0.39, 0.29) is 54.5 Å². The zero-order valence-electron chi connectivity index (χ0n) is 20.1. The average molecular weight is 559 g/mol. The summed E-state index contributed by atoms with van der Waals surface area (Å²) < 4.78 is 71.6. The van der Waals surface area contributed by atoms with Crippen LogP contribution in [0.15, 0.2) is 69.2 Å². The molecule has 0 saturated carbocycles. The first-order valence-electron chi connectivity index (χ1n) is 10.1. The Morgan fingerprint density at radius 1 is 0.789 bits per heavy atom. The summed E-state index contributed by atoms with van der Waals surface area (Å²) in [4.78, 5) is 24.1. The summed E-state index contributed by atoms with van der Waals surface area (Å²) in [7, 11) is -8.95. The van der Waals surface area contributed by atoms with Gasteiger partial charge in [-0.25, -0.2) is 16.8 Å². The molecule has 0 unspecified atom stereocenters. The second-order valence-corrected chi connectivity index (χ2v) is 11.1. The van der Waals surface area contributed by atoms with Gasteiger partial charge in [0.2, 0.25) is 0 Å². The molecule has 4 aromatic rings. The fourth-order valence-electron chi connectivity index (χ4n) is 4.33. The van der Waals surface area contributed by atoms with Crippen molar-refractivity contribution >= 4 is 59.9 Å². The third kappa shape index (κ3) is 4.89. The summed E-state index contributed by atoms with van der Waals surface area (Å²) in [5.74, 6) is -0.429. The Kier molecular flexibility index (Phi) is 8.20. The Balaban J connectivity index is 0.00000200. The van der Waals surface area contributed by atoms with E-state index in [0.717, 1.165) is 6.07 Å². The molecule has 0 bridgehead atoms. The van der Waals surface area contributed by atoms with Gasteiger partial charge in [-0.05, 0) is 35.4 Å². The van der Waals surface area contributed by atoms with E-state index < -0.39 is 46.5 Å². The van der Waals surface area contributed by atoms with Crippen LogP contribution in [0, 0.1) is 0 Å². The van der Waals surface area contributed by atoms with Crippen LogP contribution in [0.25, 0.3) is 22.0 Å². The standard InChI is InChI=1S/C23H15ClN2O8S2.2Li/c1-26-17-7-6-15(25-16-9-14(24)18(35(29,30)31)10-19(16)36(32,33)34)22-21(17)13(8-20(26)27)11-4-2-3-5-12(11)23(22)28;;/h2-10,25H,1H3,(H,29,30,31)(H,32,33,34);;/q;2*+1/p-2. The van der Waals surface area contributed by atoms with Crippen LogP contribution >= 0.6 is 11.6 Å². The predicted molar refractivity (Wildman–Crippen MR) is 129 cm³/mol. The Bertz CT molecular complexity index is 1940. The molecular weight excluding hydrogens is 546 g/mol. The van der Waals surface area contributed by atoms with E-state index >= 15 is 0 Å². The van der Waals surface area contributed by atoms with E-state index in [4.69, 9.17) is 11.6 Å². The van der Waals surface area contributed by atoms with E-state index in [2.05, 4.69) is 5.32 Å². The molecule has 0 atom stereocenters. The fourth-order valence-corrected chi connectivity index (χ4v) is 6.06. The molecular formula is C23H13ClLi2N2O8S2. The SMILES string of the molecule is Cn1c(=O)cc2c3c(c(Nc4cc(Cl)c(S(=O)(=O)[O-])cc4S(=O)(=O)[O-])ccc31)C(=O)c1ccccc1-2.[Li+].[Li+]. The Hall–Kier alpha value is -2.36. The molecule has 15 heteroatoms. The molecule has 0 saturated heterocycles. The maximum absolute atomic E-state index is 13.6. The molecule has 0 radical (unpaired) electrons. The maximum Gasteiger partial charge on any atom is 1.00 e. The summed E-state index contributed by atoms with van der Waals surface area (Å²) in [6.45, 7) is 0. The molecule has 0 spiro atoms. The number of benzene rings is 3. The normalized spacial score (nSPS) is 12.4. The first-order valence-corrected chi connectivity index (χ1v) is 13.3. The Morgan fingerprint density at radius 3 is 2.00 bits per heavy atom. The van der Waals surface area contributed by atoms with Gasteiger partial charge < -0.3 is 19.0 Å². The summed E-state index contributed by atoms with van der Waals surface area (Å²) >= 11 is 5.92. The third-order valence-corrected chi connectivity index (χ3v) is 8.12. The second-order valence-electron chi connectivity index (χ2n) is 8.02. The third-order valence-electron chi connectivity index (χ3n) is 5.94. The number of rotatable bonds is 4. The van der Waals surface area contributed by atoms with Crippen molar-refractivity contribution in [1.82, 2.24) is 4.57 Å². The van der Waals surface area contributed by atoms with Gasteiger partial charge in [0.15, 0.2) is 5.78 Å². The van der Waals surface area contributed by atoms with Gasteiger partial charge in [0.25, 0.3) is 5.56 Å². The number of hydrogen-bond acceptors (Lipinski definition) is 9. The van der Waals surface area contributed by atoms with Crippen LogP contribution in [0.3, 0.4) is 0 Å². The topological polar surface area (TPSA) is 166 Å². The molecule has 0 aliphatic heterocycles. The van der Waals surface area contributed by atoms with Crippen LogP contribution in [0.2, 0.25) is 5.02 Å². The second kappa shape index (κ2) is 10.3. The van der Waals surface area contributed by atoms with Gasteiger partial charge >= 0.3 is 37.7 Å². The van der Waals surface area contributed by atoms with E-state index in [9.17, 15) is 35.5 Å². The van der Waals surface area contributed by atoms with Crippen LogP contribution in [0.5, 0.6) is 0 Å². The van der Waals surface area contributed by atoms with Gasteiger partial charge in [0, 0.05) is 24.1 Å². The van der Waals surface area contributed by atoms with Crippen molar-refractivity contribution in [1.29, 1.82) is 0 Å². The number of aryl methyl sites for hydroxylation is 1. The number of aromatic nitrogens is 1. The van der Waals surface area contributed by atoms with E-state index in [1.165, 1.54) is 29.8 Å². The molecule has 0 fully saturated rings. The van der Waals surface area contributed by atoms with Crippen molar-refractivity contribution in [3.63, 3.8) is 0 Å². The number of nitrogens with one attached hydrogen (secondary N) is 1. The first kappa shape index (κ1) is 30.2. The van der Waals surface area contributed by atoms with Crippen LogP contribution in [-0.2, 0) is 27.3 Å². The molecule has 1 aromatic heterocycles. The minimum absolute atomic E-state index is 0. The minimum atomic E-state index is -5.29. The average Bonchev–Trinajstić information content (AvgIpc) is 2.78. The number of ketones is 1. The molecule has 1 aliphatic carbocycles. The molecule has 10 nitrogen and oxygen atoms in total. The number of carbonyl (C=O) groups excluding carboxylic acids is 1. The van der Waals surface area contributed by atoms with Gasteiger partial charge in [0.05, 0.1) is 37.3 Å². The van der Waals surface area contributed by atoms with Crippen molar-refractivity contribution in [2.75, 3.05) is 5.32 Å². The van der Waals surface area contributed by atoms with Crippen molar-refractivity contribution in [3.8, 4) is 11.1 Å². The number of carbonyl (C=O) groups is 1. The van der Waals surface area contributed by atoms with Gasteiger partial charge in [-0.2, -0.15) is 0 Å². The molecule has 3 aromatic carbocycles. The summed E-state index contributed by atoms with van der Waals surface area (Å²) in [6, 6.07) is 12.2. The zero-order chi connectivity index (χ0) is 26.2. The molecule has 184 valence electrons. The smallest absolute Gasteiger partial charge is 0.744 e. The fraction of sp³-hybridized carbons (Fsp3) is 0.0435. The summed E-state index contributed by atoms with van der Waals surface area (Å²) in [6.07, 6.45) is 0. The predicted octanol–water partition coefficient (Wildman–Crippen LogP) is -3.04. The van der Waals surface area contributed by atoms with Gasteiger partial charge in [0.1, 0.15) is 20.2 Å². The van der Waals surface area contributed by atoms with Crippen LogP contribution < -0.4 is 48.6 Å². The minimum Gasteiger partial charge on any atom is -0.744 e. The summed E-state index contributed by atoms with van der Waals surface area (Å²) in [5, 5.41) is 2.50. The van der Waals surface area contributed by atoms with Crippen molar-refractivity contribution in [3.05, 3.63) is 81.1 Å². The van der Waals surface area contributed by atoms with E-state index in [0.29, 0.717) is 33.7 Å². The first-order chi connectivity index (χ1) is 16.8. The molecule has 5 rings (SSSR count). The number of nitrogens with zero attached hydrogens (tertiary/aromatic N) is 1. The molecule has 1 aliphatic rings. The maximum atomic E-state index is 13.6. The number of hydrogen-bond donors (Lipinski definition) is 1. The number of halogens is 1. The van der Waals surface area contributed by atoms with Crippen molar-refractivity contribution in [2.24, 2.45) is 7.05 Å². The molecule has 38 heavy (non-hydrogen) atoms. The van der Waals surface area contributed by atoms with Gasteiger partial charge in [-0.1, -0.05) is 35.9 Å². The number of pyridine rings is 1. The molecule has 0 amide bonds. The van der Waals surface area contributed by atoms with Crippen molar-refractivity contribution < 1.29 is 68.5 Å². The number of fused-ring (bicyclic) bond motifs is 2. The van der Waals surface area contributed by atoms with Gasteiger partial charge in [-0.15, -0.1) is 0 Å². The summed E-state index contributed by atoms with van der Waals surface area (Å²) in [5.41, 5.74) is 1.20. The van der Waals surface area contributed by atoms with Crippen molar-refractivity contribution in [2.45, 2.75) is 9.79 Å². The van der Waals surface area contributed by atoms with E-state index in [1.807, 2.05) is 0 Å². The Morgan fingerprint density at radius 2 is 1.39 bits per heavy atom. The molecule has 1 N–H and O–H groups in total. The van der Waals surface area contributed by atoms with E-state index in [1.54, 1.807) is 24.3 Å². The molecule has 1 heterocycles. The largest absolute Gasteiger partial charge is 1.00 e. The Labute approximate surface area is 245 Å². The van der Waals surface area contributed by atoms with Crippen LogP contribution in [-0.4, -0.2) is 36.3 Å². The van der Waals surface area contributed by atoms with Gasteiger partial charge in [-0.3, -0.25) is 9.59 Å². The number of anilines is 2. The quantitative estimate of drug-likeness (QED) is 0.178. The van der Waals surface area contributed by atoms with Crippen LogP contribution in [0.4, 0.5) is 11.4 Å². The zero-order valence-corrected chi connectivity index (χ0v) is 22.5.